The second-order valence-corrected chi connectivity index (χ2v) is 4.54. The van der Waals surface area contributed by atoms with Gasteiger partial charge in [0.1, 0.15) is 0 Å². The highest BCUT2D eigenvalue weighted by molar-refractivity contribution is 5.92. The molecule has 0 aromatic heterocycles. The molecule has 0 aliphatic heterocycles. The fourth-order valence-electron chi connectivity index (χ4n) is 1.47. The maximum Gasteiger partial charge on any atom is 0.390 e. The van der Waals surface area contributed by atoms with Crippen LogP contribution in [-0.2, 0) is 0 Å². The number of alkyl halides is 3. The van der Waals surface area contributed by atoms with Crippen LogP contribution in [0.3, 0.4) is 0 Å². The third-order valence-electron chi connectivity index (χ3n) is 2.50. The smallest absolute Gasteiger partial charge is 0.370 e. The Hall–Kier alpha value is -1.72. The van der Waals surface area contributed by atoms with Crippen LogP contribution < -0.4 is 11.1 Å². The molecule has 3 N–H and O–H groups in total. The third-order valence-corrected chi connectivity index (χ3v) is 2.50. The van der Waals surface area contributed by atoms with Gasteiger partial charge in [0.05, 0.1) is 13.0 Å². The van der Waals surface area contributed by atoms with Gasteiger partial charge in [-0.05, 0) is 23.6 Å². The Balaban J connectivity index is 2.59. The zero-order chi connectivity index (χ0) is 14.5. The molecule has 0 heterocycles. The van der Waals surface area contributed by atoms with Crippen molar-refractivity contribution >= 4 is 11.6 Å². The molecule has 0 fully saturated rings. The van der Waals surface area contributed by atoms with Crippen LogP contribution in [0.25, 0.3) is 0 Å². The second-order valence-electron chi connectivity index (χ2n) is 4.54. The van der Waals surface area contributed by atoms with E-state index in [2.05, 4.69) is 24.2 Å². The number of aliphatic imine (C=N–C) groups is 1. The molecule has 0 radical (unpaired) electrons. The van der Waals surface area contributed by atoms with Gasteiger partial charge in [-0.25, -0.2) is 0 Å². The Kier molecular flexibility index (Phi) is 5.20. The van der Waals surface area contributed by atoms with Crippen molar-refractivity contribution in [1.29, 1.82) is 0 Å². The van der Waals surface area contributed by atoms with Crippen LogP contribution in [0.4, 0.5) is 18.9 Å². The Labute approximate surface area is 110 Å². The van der Waals surface area contributed by atoms with E-state index >= 15 is 0 Å². The summed E-state index contributed by atoms with van der Waals surface area (Å²) in [6, 6.07) is 7.53. The molecule has 1 rings (SSSR count). The molecule has 1 aromatic rings. The van der Waals surface area contributed by atoms with Crippen molar-refractivity contribution in [3.8, 4) is 0 Å². The first kappa shape index (κ1) is 15.3. The van der Waals surface area contributed by atoms with Gasteiger partial charge in [-0.1, -0.05) is 26.0 Å². The number of benzene rings is 1. The van der Waals surface area contributed by atoms with E-state index in [1.54, 1.807) is 6.07 Å². The Morgan fingerprint density at radius 1 is 1.37 bits per heavy atom. The molecule has 6 heteroatoms. The zero-order valence-electron chi connectivity index (χ0n) is 11.0. The summed E-state index contributed by atoms with van der Waals surface area (Å²) in [6.07, 6.45) is -5.18. The van der Waals surface area contributed by atoms with Gasteiger partial charge in [0.15, 0.2) is 5.96 Å². The van der Waals surface area contributed by atoms with Crippen LogP contribution in [0.15, 0.2) is 29.3 Å². The van der Waals surface area contributed by atoms with Crippen molar-refractivity contribution < 1.29 is 13.2 Å². The van der Waals surface area contributed by atoms with Crippen LogP contribution in [0.1, 0.15) is 31.7 Å². The number of nitrogens with two attached hydrogens (primary N) is 1. The maximum atomic E-state index is 11.9. The van der Waals surface area contributed by atoms with E-state index in [1.807, 2.05) is 18.2 Å². The van der Waals surface area contributed by atoms with E-state index in [-0.39, 0.29) is 12.5 Å². The van der Waals surface area contributed by atoms with Gasteiger partial charge in [0.2, 0.25) is 0 Å². The summed E-state index contributed by atoms with van der Waals surface area (Å²) < 4.78 is 35.8. The van der Waals surface area contributed by atoms with E-state index in [9.17, 15) is 13.2 Å². The van der Waals surface area contributed by atoms with Crippen LogP contribution in [0, 0.1) is 0 Å². The molecule has 0 aliphatic rings. The second kappa shape index (κ2) is 6.45. The molecule has 0 atom stereocenters. The minimum atomic E-state index is -4.21. The summed E-state index contributed by atoms with van der Waals surface area (Å²) in [5.74, 6) is 0.357. The molecule has 1 aromatic carbocycles. The molecule has 3 nitrogen and oxygen atoms in total. The third kappa shape index (κ3) is 6.13. The molecule has 0 amide bonds. The summed E-state index contributed by atoms with van der Waals surface area (Å²) in [7, 11) is 0. The van der Waals surface area contributed by atoms with E-state index in [4.69, 9.17) is 5.73 Å². The number of hydrogen-bond acceptors (Lipinski definition) is 1. The minimum Gasteiger partial charge on any atom is -0.370 e. The van der Waals surface area contributed by atoms with Crippen molar-refractivity contribution in [2.45, 2.75) is 32.4 Å². The molecule has 19 heavy (non-hydrogen) atoms. The summed E-state index contributed by atoms with van der Waals surface area (Å²) in [5.41, 5.74) is 7.37. The topological polar surface area (TPSA) is 50.4 Å². The predicted molar refractivity (Wildman–Crippen MR) is 71.3 cm³/mol. The molecule has 0 saturated heterocycles. The minimum absolute atomic E-state index is 0.00911. The fraction of sp³-hybridized carbons (Fsp3) is 0.462. The van der Waals surface area contributed by atoms with Crippen LogP contribution in [0.2, 0.25) is 0 Å². The lowest BCUT2D eigenvalue weighted by Gasteiger charge is -2.10. The van der Waals surface area contributed by atoms with Gasteiger partial charge in [0.25, 0.3) is 0 Å². The molecule has 0 unspecified atom stereocenters. The van der Waals surface area contributed by atoms with Gasteiger partial charge >= 0.3 is 6.18 Å². The van der Waals surface area contributed by atoms with Crippen LogP contribution in [-0.4, -0.2) is 18.7 Å². The van der Waals surface area contributed by atoms with E-state index in [1.165, 1.54) is 0 Å². The van der Waals surface area contributed by atoms with Gasteiger partial charge in [-0.2, -0.15) is 13.2 Å². The van der Waals surface area contributed by atoms with Crippen molar-refractivity contribution in [2.24, 2.45) is 10.7 Å². The quantitative estimate of drug-likeness (QED) is 0.651. The standard InChI is InChI=1S/C13H18F3N3/c1-9(2)10-4-3-5-11(8-10)19-12(17)18-7-6-13(14,15)16/h3-5,8-9H,6-7H2,1-2H3,(H3,17,18,19). The Bertz CT molecular complexity index is 439. The van der Waals surface area contributed by atoms with Crippen LogP contribution >= 0.6 is 0 Å². The number of nitrogens with zero attached hydrogens (tertiary/aromatic N) is 1. The fourth-order valence-corrected chi connectivity index (χ4v) is 1.47. The molecule has 0 saturated carbocycles. The van der Waals surface area contributed by atoms with E-state index in [0.717, 1.165) is 11.3 Å². The lowest BCUT2D eigenvalue weighted by molar-refractivity contribution is -0.132. The Morgan fingerprint density at radius 2 is 2.05 bits per heavy atom. The van der Waals surface area contributed by atoms with Crippen LogP contribution in [0.5, 0.6) is 0 Å². The van der Waals surface area contributed by atoms with Gasteiger partial charge in [0, 0.05) is 5.69 Å². The van der Waals surface area contributed by atoms with Gasteiger partial charge in [-0.15, -0.1) is 0 Å². The van der Waals surface area contributed by atoms with Gasteiger partial charge in [-0.3, -0.25) is 4.99 Å². The first-order valence-electron chi connectivity index (χ1n) is 6.01. The van der Waals surface area contributed by atoms with Crippen molar-refractivity contribution in [3.63, 3.8) is 0 Å². The number of halogens is 3. The van der Waals surface area contributed by atoms with Gasteiger partial charge < -0.3 is 11.1 Å². The number of guanidine groups is 1. The van der Waals surface area contributed by atoms with Crippen molar-refractivity contribution in [1.82, 2.24) is 0 Å². The first-order chi connectivity index (χ1) is 8.78. The summed E-state index contributed by atoms with van der Waals surface area (Å²) in [5, 5.41) is 2.78. The van der Waals surface area contributed by atoms with E-state index < -0.39 is 12.6 Å². The summed E-state index contributed by atoms with van der Waals surface area (Å²) >= 11 is 0. The lowest BCUT2D eigenvalue weighted by atomic mass is 10.0. The molecule has 106 valence electrons. The maximum absolute atomic E-state index is 11.9. The SMILES string of the molecule is CC(C)c1cccc(NC(N)=NCCC(F)(F)F)c1. The largest absolute Gasteiger partial charge is 0.390 e. The number of hydrogen-bond donors (Lipinski definition) is 2. The summed E-state index contributed by atoms with van der Waals surface area (Å²) in [6.45, 7) is 3.74. The normalized spacial score (nSPS) is 12.8. The number of anilines is 1. The number of nitrogens with one attached hydrogen (secondary N) is 1. The Morgan fingerprint density at radius 3 is 2.63 bits per heavy atom. The number of rotatable bonds is 4. The molecular weight excluding hydrogens is 255 g/mol. The average Bonchev–Trinajstić information content (AvgIpc) is 2.27. The zero-order valence-corrected chi connectivity index (χ0v) is 11.0. The van der Waals surface area contributed by atoms with E-state index in [0.29, 0.717) is 5.92 Å². The highest BCUT2D eigenvalue weighted by Gasteiger charge is 2.26. The van der Waals surface area contributed by atoms with Crippen molar-refractivity contribution in [2.75, 3.05) is 11.9 Å². The highest BCUT2D eigenvalue weighted by atomic mass is 19.4. The summed E-state index contributed by atoms with van der Waals surface area (Å²) in [4.78, 5) is 3.64. The van der Waals surface area contributed by atoms with Crippen molar-refractivity contribution in [3.05, 3.63) is 29.8 Å². The molecular formula is C13H18F3N3. The molecule has 0 spiro atoms. The monoisotopic (exact) mass is 273 g/mol. The predicted octanol–water partition coefficient (Wildman–Crippen LogP) is 3.49. The highest BCUT2D eigenvalue weighted by Crippen LogP contribution is 2.19. The first-order valence-corrected chi connectivity index (χ1v) is 6.01. The lowest BCUT2D eigenvalue weighted by Crippen LogP contribution is -2.23. The molecule has 0 bridgehead atoms. The molecule has 0 aliphatic carbocycles. The average molecular weight is 273 g/mol.